The Balaban J connectivity index is 1.18. The Morgan fingerprint density at radius 2 is 1.66 bits per heavy atom. The van der Waals surface area contributed by atoms with Crippen molar-refractivity contribution in [1.82, 2.24) is 0 Å². The average molecular weight is 497 g/mol. The predicted octanol–water partition coefficient (Wildman–Crippen LogP) is 7.71. The van der Waals surface area contributed by atoms with Crippen molar-refractivity contribution >= 4 is 7.37 Å². The summed E-state index contributed by atoms with van der Waals surface area (Å²) < 4.78 is 24.0. The Morgan fingerprint density at radius 3 is 2.29 bits per heavy atom. The van der Waals surface area contributed by atoms with Gasteiger partial charge >= 0.3 is 0 Å². The predicted molar refractivity (Wildman–Crippen MR) is 142 cm³/mol. The lowest BCUT2D eigenvalue weighted by molar-refractivity contribution is 0.199. The Hall–Kier alpha value is -1.77. The lowest BCUT2D eigenvalue weighted by atomic mass is 9.72. The summed E-state index contributed by atoms with van der Waals surface area (Å²) in [5, 5.41) is 0. The monoisotopic (exact) mass is 496 g/mol. The van der Waals surface area contributed by atoms with Crippen LogP contribution in [-0.4, -0.2) is 31.4 Å². The summed E-state index contributed by atoms with van der Waals surface area (Å²) in [7, 11) is -1.28. The maximum Gasteiger partial charge on any atom is 0.198 e. The van der Waals surface area contributed by atoms with Gasteiger partial charge in [-0.2, -0.15) is 0 Å². The fourth-order valence-electron chi connectivity index (χ4n) is 6.20. The largest absolute Gasteiger partial charge is 0.497 e. The van der Waals surface area contributed by atoms with E-state index in [-0.39, 0.29) is 5.92 Å². The van der Waals surface area contributed by atoms with Crippen LogP contribution in [0.25, 0.3) is 0 Å². The Kier molecular flexibility index (Phi) is 7.61. The van der Waals surface area contributed by atoms with Gasteiger partial charge in [0.05, 0.1) is 13.7 Å². The summed E-state index contributed by atoms with van der Waals surface area (Å²) in [5.74, 6) is 4.56. The van der Waals surface area contributed by atoms with Crippen molar-refractivity contribution in [2.75, 3.05) is 26.5 Å². The first-order valence-electron chi connectivity index (χ1n) is 13.6. The van der Waals surface area contributed by atoms with Gasteiger partial charge in [-0.3, -0.25) is 4.57 Å². The molecule has 3 saturated carbocycles. The topological polar surface area (TPSA) is 55.8 Å². The lowest BCUT2D eigenvalue weighted by Gasteiger charge is -2.34. The van der Waals surface area contributed by atoms with Crippen molar-refractivity contribution < 1.29 is 18.9 Å². The molecule has 0 radical (unpaired) electrons. The fraction of sp³-hybridized carbons (Fsp3) is 0.600. The maximum atomic E-state index is 12.1. The van der Waals surface area contributed by atoms with Gasteiger partial charge in [0.2, 0.25) is 0 Å². The molecule has 1 unspecified atom stereocenters. The van der Waals surface area contributed by atoms with E-state index in [4.69, 9.17) is 9.47 Å². The van der Waals surface area contributed by atoms with Gasteiger partial charge in [0, 0.05) is 12.8 Å². The second-order valence-corrected chi connectivity index (χ2v) is 13.9. The highest BCUT2D eigenvalue weighted by Crippen LogP contribution is 2.51. The highest BCUT2D eigenvalue weighted by Gasteiger charge is 2.35. The molecule has 0 spiro atoms. The molecule has 190 valence electrons. The summed E-state index contributed by atoms with van der Waals surface area (Å²) in [6.45, 7) is 2.24. The van der Waals surface area contributed by atoms with Crippen LogP contribution in [0.15, 0.2) is 42.5 Å². The van der Waals surface area contributed by atoms with Gasteiger partial charge in [-0.25, -0.2) is 0 Å². The van der Waals surface area contributed by atoms with Crippen LogP contribution in [0.1, 0.15) is 92.2 Å². The van der Waals surface area contributed by atoms with Gasteiger partial charge in [-0.15, -0.1) is 0 Å². The minimum absolute atomic E-state index is 0.169. The van der Waals surface area contributed by atoms with Crippen molar-refractivity contribution in [2.24, 2.45) is 11.8 Å². The zero-order valence-corrected chi connectivity index (χ0v) is 22.2. The number of hydrogen-bond acceptors (Lipinski definition) is 3. The molecule has 2 aromatic carbocycles. The smallest absolute Gasteiger partial charge is 0.198 e. The van der Waals surface area contributed by atoms with Crippen LogP contribution in [0.5, 0.6) is 11.5 Å². The molecule has 2 aromatic rings. The normalized spacial score (nSPS) is 25.3. The number of ether oxygens (including phenoxy) is 2. The molecule has 4 nitrogen and oxygen atoms in total. The van der Waals surface area contributed by atoms with Crippen LogP contribution in [0.4, 0.5) is 0 Å². The Morgan fingerprint density at radius 1 is 0.914 bits per heavy atom. The fourth-order valence-corrected chi connectivity index (χ4v) is 7.44. The van der Waals surface area contributed by atoms with Crippen LogP contribution in [0.3, 0.4) is 0 Å². The highest BCUT2D eigenvalue weighted by atomic mass is 31.2. The molecule has 3 fully saturated rings. The van der Waals surface area contributed by atoms with Gasteiger partial charge in [-0.05, 0) is 122 Å². The number of hydrogen-bond donors (Lipinski definition) is 1. The first kappa shape index (κ1) is 24.9. The van der Waals surface area contributed by atoms with Gasteiger partial charge in [-0.1, -0.05) is 24.6 Å². The Labute approximate surface area is 210 Å². The molecule has 0 heterocycles. The van der Waals surface area contributed by atoms with Gasteiger partial charge < -0.3 is 14.4 Å². The molecule has 0 aliphatic heterocycles. The van der Waals surface area contributed by atoms with E-state index in [9.17, 15) is 9.46 Å². The van der Waals surface area contributed by atoms with Crippen molar-refractivity contribution in [2.45, 2.75) is 75.5 Å². The molecule has 0 bridgehead atoms. The van der Waals surface area contributed by atoms with Gasteiger partial charge in [0.15, 0.2) is 7.37 Å². The second kappa shape index (κ2) is 10.7. The molecule has 1 N–H and O–H groups in total. The third-order valence-corrected chi connectivity index (χ3v) is 9.69. The molecular weight excluding hydrogens is 455 g/mol. The zero-order chi connectivity index (χ0) is 24.4. The van der Waals surface area contributed by atoms with Crippen LogP contribution in [0.2, 0.25) is 0 Å². The van der Waals surface area contributed by atoms with Crippen LogP contribution >= 0.6 is 7.37 Å². The first-order valence-corrected chi connectivity index (χ1v) is 15.9. The Bertz CT molecular complexity index is 1040. The number of rotatable bonds is 10. The maximum absolute atomic E-state index is 12.1. The van der Waals surface area contributed by atoms with E-state index < -0.39 is 7.37 Å². The molecule has 3 aliphatic carbocycles. The summed E-state index contributed by atoms with van der Waals surface area (Å²) in [4.78, 5) is 9.98. The van der Waals surface area contributed by atoms with Crippen molar-refractivity contribution in [1.29, 1.82) is 0 Å². The SMILES string of the molecule is COc1ccc(C2CCC2)c(C2CCC(COc3cccc([C@@H](CP(C)(=O)O)C4CC4)c3)CC2)c1. The molecule has 0 aromatic heterocycles. The van der Waals surface area contributed by atoms with E-state index in [0.717, 1.165) is 42.4 Å². The van der Waals surface area contributed by atoms with E-state index in [1.807, 2.05) is 12.1 Å². The quantitative estimate of drug-likeness (QED) is 0.342. The van der Waals surface area contributed by atoms with Crippen molar-refractivity contribution in [3.05, 3.63) is 59.2 Å². The zero-order valence-electron chi connectivity index (χ0n) is 21.3. The standard InChI is InChI=1S/C30H41O4P/c1-33-26-15-16-28(22-5-3-6-22)29(18-26)23-11-9-21(10-12-23)19-34-27-8-4-7-25(17-27)30(24-13-14-24)20-35(2,31)32/h4,7-8,15-18,21-24,30H,3,5-6,9-14,19-20H2,1-2H3,(H,31,32)/t21?,23?,30-/m0/s1. The van der Waals surface area contributed by atoms with E-state index in [1.54, 1.807) is 12.7 Å². The highest BCUT2D eigenvalue weighted by molar-refractivity contribution is 7.57. The number of benzene rings is 2. The minimum Gasteiger partial charge on any atom is -0.497 e. The van der Waals surface area contributed by atoms with Crippen LogP contribution in [-0.2, 0) is 4.57 Å². The molecular formula is C30H41O4P. The average Bonchev–Trinajstić information content (AvgIpc) is 3.66. The summed E-state index contributed by atoms with van der Waals surface area (Å²) in [6.07, 6.45) is 11.5. The minimum atomic E-state index is -3.05. The molecule has 0 saturated heterocycles. The molecule has 5 rings (SSSR count). The third kappa shape index (κ3) is 6.33. The van der Waals surface area contributed by atoms with Crippen molar-refractivity contribution in [3.63, 3.8) is 0 Å². The van der Waals surface area contributed by atoms with Crippen LogP contribution < -0.4 is 9.47 Å². The van der Waals surface area contributed by atoms with E-state index >= 15 is 0 Å². The van der Waals surface area contributed by atoms with Crippen molar-refractivity contribution in [3.8, 4) is 11.5 Å². The lowest BCUT2D eigenvalue weighted by Crippen LogP contribution is -2.21. The number of methoxy groups -OCH3 is 1. The van der Waals surface area contributed by atoms with Gasteiger partial charge in [0.25, 0.3) is 0 Å². The summed E-state index contributed by atoms with van der Waals surface area (Å²) >= 11 is 0. The molecule has 3 aliphatic rings. The molecule has 35 heavy (non-hydrogen) atoms. The molecule has 0 amide bonds. The molecule has 5 heteroatoms. The van der Waals surface area contributed by atoms with E-state index in [1.165, 1.54) is 57.2 Å². The second-order valence-electron chi connectivity index (χ2n) is 11.4. The van der Waals surface area contributed by atoms with E-state index in [0.29, 0.717) is 23.9 Å². The van der Waals surface area contributed by atoms with Crippen LogP contribution in [0, 0.1) is 11.8 Å². The molecule has 2 atom stereocenters. The first-order chi connectivity index (χ1) is 16.9. The summed E-state index contributed by atoms with van der Waals surface area (Å²) in [5.41, 5.74) is 4.26. The summed E-state index contributed by atoms with van der Waals surface area (Å²) in [6, 6.07) is 15.1. The third-order valence-electron chi connectivity index (χ3n) is 8.62. The van der Waals surface area contributed by atoms with Gasteiger partial charge in [0.1, 0.15) is 11.5 Å². The van der Waals surface area contributed by atoms with E-state index in [2.05, 4.69) is 30.3 Å².